The van der Waals surface area contributed by atoms with Crippen LogP contribution in [0.15, 0.2) is 24.3 Å². The molecule has 0 radical (unpaired) electrons. The first-order valence-corrected chi connectivity index (χ1v) is 17.7. The van der Waals surface area contributed by atoms with E-state index < -0.39 is 5.54 Å². The minimum absolute atomic E-state index is 0.0353. The average Bonchev–Trinajstić information content (AvgIpc) is 3.37. The van der Waals surface area contributed by atoms with Crippen molar-refractivity contribution in [2.24, 2.45) is 5.92 Å². The van der Waals surface area contributed by atoms with Crippen LogP contribution in [0.25, 0.3) is 5.69 Å². The van der Waals surface area contributed by atoms with Crippen molar-refractivity contribution in [1.82, 2.24) is 29.8 Å². The van der Waals surface area contributed by atoms with Gasteiger partial charge in [0.2, 0.25) is 11.8 Å². The Balaban J connectivity index is 1.11. The van der Waals surface area contributed by atoms with E-state index in [4.69, 9.17) is 9.84 Å². The first-order valence-electron chi connectivity index (χ1n) is 17.7. The lowest BCUT2D eigenvalue weighted by Crippen LogP contribution is -2.73. The highest BCUT2D eigenvalue weighted by Crippen LogP contribution is 2.36. The zero-order valence-corrected chi connectivity index (χ0v) is 28.1. The SMILES string of the molecule is CCCCN1C(=O)[C@H](CC2CCCCC2)NC(=O)C12CCN(Cc1c(C)nn(-c3ccc(C(=O)N4CCOCC4)cc3)c1C)CC2. The Morgan fingerprint density at radius 2 is 1.70 bits per heavy atom. The van der Waals surface area contributed by atoms with Gasteiger partial charge in [0, 0.05) is 56.1 Å². The highest BCUT2D eigenvalue weighted by molar-refractivity contribution is 6.00. The van der Waals surface area contributed by atoms with Gasteiger partial charge in [-0.1, -0.05) is 45.4 Å². The molecule has 2 aromatic rings. The number of carbonyl (C=O) groups is 3. The predicted octanol–water partition coefficient (Wildman–Crippen LogP) is 4.39. The van der Waals surface area contributed by atoms with Crippen molar-refractivity contribution < 1.29 is 19.1 Å². The summed E-state index contributed by atoms with van der Waals surface area (Å²) in [4.78, 5) is 46.9. The standard InChI is InChI=1S/C36H52N6O4/c1-4-5-17-41-34(44)32(24-28-9-7-6-8-10-28)37-35(45)36(41)15-18-39(19-16-36)25-31-26(2)38-42(27(31)3)30-13-11-29(12-14-30)33(43)40-20-22-46-23-21-40/h11-14,28,32H,4-10,15-25H2,1-3H3,(H,37,45)/t32-/m0/s1. The Labute approximate surface area is 273 Å². The van der Waals surface area contributed by atoms with E-state index in [1.54, 1.807) is 0 Å². The second-order valence-corrected chi connectivity index (χ2v) is 13.9. The van der Waals surface area contributed by atoms with Gasteiger partial charge in [-0.05, 0) is 69.7 Å². The van der Waals surface area contributed by atoms with Crippen LogP contribution in [0.1, 0.15) is 98.4 Å². The van der Waals surface area contributed by atoms with Crippen LogP contribution >= 0.6 is 0 Å². The average molecular weight is 633 g/mol. The summed E-state index contributed by atoms with van der Waals surface area (Å²) in [6.07, 6.45) is 10.1. The van der Waals surface area contributed by atoms with Gasteiger partial charge in [-0.15, -0.1) is 0 Å². The lowest BCUT2D eigenvalue weighted by molar-refractivity contribution is -0.162. The number of nitrogens with one attached hydrogen (secondary N) is 1. The van der Waals surface area contributed by atoms with Crippen molar-refractivity contribution in [1.29, 1.82) is 0 Å². The molecule has 1 aromatic heterocycles. The summed E-state index contributed by atoms with van der Waals surface area (Å²) in [6, 6.07) is 7.32. The second kappa shape index (κ2) is 14.3. The molecule has 1 aliphatic carbocycles. The number of rotatable bonds is 9. The Kier molecular flexibility index (Phi) is 10.1. The quantitative estimate of drug-likeness (QED) is 0.440. The summed E-state index contributed by atoms with van der Waals surface area (Å²) >= 11 is 0. The number of unbranched alkanes of at least 4 members (excludes halogenated alkanes) is 1. The molecule has 4 aliphatic rings. The third kappa shape index (κ3) is 6.61. The molecule has 1 aromatic carbocycles. The van der Waals surface area contributed by atoms with E-state index >= 15 is 0 Å². The molecule has 10 heteroatoms. The van der Waals surface area contributed by atoms with Gasteiger partial charge < -0.3 is 19.9 Å². The summed E-state index contributed by atoms with van der Waals surface area (Å²) in [5.41, 5.74) is 4.09. The van der Waals surface area contributed by atoms with Gasteiger partial charge >= 0.3 is 0 Å². The zero-order chi connectivity index (χ0) is 32.3. The van der Waals surface area contributed by atoms with Crippen LogP contribution in [-0.4, -0.2) is 99.7 Å². The van der Waals surface area contributed by atoms with Crippen molar-refractivity contribution >= 4 is 17.7 Å². The van der Waals surface area contributed by atoms with Gasteiger partial charge in [0.15, 0.2) is 0 Å². The number of benzene rings is 1. The Bertz CT molecular complexity index is 1380. The van der Waals surface area contributed by atoms with E-state index in [1.165, 1.54) is 37.7 Å². The third-order valence-electron chi connectivity index (χ3n) is 11.0. The van der Waals surface area contributed by atoms with Crippen LogP contribution < -0.4 is 5.32 Å². The van der Waals surface area contributed by atoms with E-state index in [2.05, 4.69) is 24.1 Å². The lowest BCUT2D eigenvalue weighted by Gasteiger charge is -2.52. The van der Waals surface area contributed by atoms with Crippen LogP contribution in [0.5, 0.6) is 0 Å². The van der Waals surface area contributed by atoms with Crippen molar-refractivity contribution in [3.63, 3.8) is 0 Å². The van der Waals surface area contributed by atoms with Crippen molar-refractivity contribution in [3.8, 4) is 5.69 Å². The normalized spacial score (nSPS) is 22.8. The summed E-state index contributed by atoms with van der Waals surface area (Å²) in [5.74, 6) is 0.764. The van der Waals surface area contributed by atoms with Crippen molar-refractivity contribution in [2.45, 2.75) is 103 Å². The molecule has 250 valence electrons. The maximum Gasteiger partial charge on any atom is 0.254 e. The lowest BCUT2D eigenvalue weighted by atomic mass is 9.79. The summed E-state index contributed by atoms with van der Waals surface area (Å²) in [5, 5.41) is 8.10. The molecular weight excluding hydrogens is 580 g/mol. The van der Waals surface area contributed by atoms with Crippen LogP contribution in [0, 0.1) is 19.8 Å². The van der Waals surface area contributed by atoms with Crippen LogP contribution in [-0.2, 0) is 20.9 Å². The largest absolute Gasteiger partial charge is 0.378 e. The van der Waals surface area contributed by atoms with E-state index in [1.807, 2.05) is 45.7 Å². The number of ether oxygens (including phenoxy) is 1. The molecule has 46 heavy (non-hydrogen) atoms. The number of piperidine rings is 1. The highest BCUT2D eigenvalue weighted by Gasteiger charge is 2.53. The maximum atomic E-state index is 13.9. The topological polar surface area (TPSA) is 100 Å². The Morgan fingerprint density at radius 1 is 1.00 bits per heavy atom. The summed E-state index contributed by atoms with van der Waals surface area (Å²) in [7, 11) is 0. The number of carbonyl (C=O) groups excluding carboxylic acids is 3. The highest BCUT2D eigenvalue weighted by atomic mass is 16.5. The predicted molar refractivity (Wildman–Crippen MR) is 177 cm³/mol. The third-order valence-corrected chi connectivity index (χ3v) is 11.0. The van der Waals surface area contributed by atoms with Gasteiger partial charge in [0.1, 0.15) is 11.6 Å². The number of likely N-dealkylation sites (tertiary alicyclic amines) is 1. The number of morpholine rings is 1. The summed E-state index contributed by atoms with van der Waals surface area (Å²) in [6.45, 7) is 11.6. The monoisotopic (exact) mass is 632 g/mol. The van der Waals surface area contributed by atoms with Crippen LogP contribution in [0.3, 0.4) is 0 Å². The minimum Gasteiger partial charge on any atom is -0.378 e. The molecule has 3 amide bonds. The molecule has 1 N–H and O–H groups in total. The fourth-order valence-corrected chi connectivity index (χ4v) is 8.08. The molecule has 3 saturated heterocycles. The molecule has 10 nitrogen and oxygen atoms in total. The number of hydrogen-bond acceptors (Lipinski definition) is 6. The molecular formula is C36H52N6O4. The number of aryl methyl sites for hydroxylation is 1. The van der Waals surface area contributed by atoms with Gasteiger partial charge in [-0.3, -0.25) is 19.3 Å². The molecule has 1 atom stereocenters. The van der Waals surface area contributed by atoms with Crippen LogP contribution in [0.2, 0.25) is 0 Å². The fraction of sp³-hybridized carbons (Fsp3) is 0.667. The molecule has 6 rings (SSSR count). The number of nitrogens with zero attached hydrogens (tertiary/aromatic N) is 5. The zero-order valence-electron chi connectivity index (χ0n) is 28.1. The number of piperazine rings is 1. The Hall–Kier alpha value is -3.24. The van der Waals surface area contributed by atoms with E-state index in [9.17, 15) is 14.4 Å². The van der Waals surface area contributed by atoms with Crippen LogP contribution in [0.4, 0.5) is 0 Å². The molecule has 1 saturated carbocycles. The van der Waals surface area contributed by atoms with Gasteiger partial charge in [0.25, 0.3) is 5.91 Å². The molecule has 4 heterocycles. The molecule has 4 fully saturated rings. The Morgan fingerprint density at radius 3 is 2.37 bits per heavy atom. The minimum atomic E-state index is -0.750. The van der Waals surface area contributed by atoms with E-state index in [0.717, 1.165) is 56.0 Å². The molecule has 0 bridgehead atoms. The number of aromatic nitrogens is 2. The fourth-order valence-electron chi connectivity index (χ4n) is 8.08. The first-order chi connectivity index (χ1) is 22.3. The van der Waals surface area contributed by atoms with Crippen molar-refractivity contribution in [2.75, 3.05) is 45.9 Å². The first kappa shape index (κ1) is 32.7. The van der Waals surface area contributed by atoms with Crippen molar-refractivity contribution in [3.05, 3.63) is 46.8 Å². The van der Waals surface area contributed by atoms with E-state index in [-0.39, 0.29) is 23.8 Å². The summed E-state index contributed by atoms with van der Waals surface area (Å²) < 4.78 is 7.35. The second-order valence-electron chi connectivity index (χ2n) is 13.9. The van der Waals surface area contributed by atoms with Gasteiger partial charge in [-0.2, -0.15) is 5.10 Å². The maximum absolute atomic E-state index is 13.9. The van der Waals surface area contributed by atoms with E-state index in [0.29, 0.717) is 57.2 Å². The number of amides is 3. The molecule has 3 aliphatic heterocycles. The smallest absolute Gasteiger partial charge is 0.254 e. The molecule has 0 unspecified atom stereocenters. The number of hydrogen-bond donors (Lipinski definition) is 1. The van der Waals surface area contributed by atoms with Gasteiger partial charge in [-0.25, -0.2) is 4.68 Å². The van der Waals surface area contributed by atoms with Gasteiger partial charge in [0.05, 0.1) is 24.6 Å². The molecule has 1 spiro atoms.